The van der Waals surface area contributed by atoms with Crippen molar-refractivity contribution in [2.45, 2.75) is 19.9 Å². The first-order valence-corrected chi connectivity index (χ1v) is 4.54. The largest absolute Gasteiger partial charge is 0.508 e. The smallest absolute Gasteiger partial charge is 0.252 e. The minimum absolute atomic E-state index is 0.123. The molecule has 0 fully saturated rings. The van der Waals surface area contributed by atoms with E-state index in [0.717, 1.165) is 0 Å². The summed E-state index contributed by atoms with van der Waals surface area (Å²) in [5.41, 5.74) is 1.15. The highest BCUT2D eigenvalue weighted by Gasteiger charge is 2.11. The molecular formula is C11H12N2O2. The summed E-state index contributed by atoms with van der Waals surface area (Å²) in [7, 11) is 0. The van der Waals surface area contributed by atoms with Crippen LogP contribution in [0, 0.1) is 18.3 Å². The van der Waals surface area contributed by atoms with Crippen molar-refractivity contribution in [1.82, 2.24) is 5.32 Å². The lowest BCUT2D eigenvalue weighted by Crippen LogP contribution is -2.31. The molecule has 0 saturated heterocycles. The molecule has 0 radical (unpaired) electrons. The van der Waals surface area contributed by atoms with Crippen LogP contribution in [0.2, 0.25) is 0 Å². The first-order chi connectivity index (χ1) is 7.04. The Morgan fingerprint density at radius 1 is 1.60 bits per heavy atom. The molecule has 0 aliphatic carbocycles. The molecule has 0 heterocycles. The molecule has 1 aromatic rings. The molecule has 0 aromatic heterocycles. The fourth-order valence-corrected chi connectivity index (χ4v) is 1.21. The Bertz CT molecular complexity index is 421. The lowest BCUT2D eigenvalue weighted by molar-refractivity contribution is 0.0947. The summed E-state index contributed by atoms with van der Waals surface area (Å²) in [5, 5.41) is 20.2. The fraction of sp³-hybridized carbons (Fsp3) is 0.273. The van der Waals surface area contributed by atoms with Crippen LogP contribution >= 0.6 is 0 Å². The number of benzene rings is 1. The maximum absolute atomic E-state index is 11.6. The van der Waals surface area contributed by atoms with Gasteiger partial charge in [-0.05, 0) is 37.6 Å². The van der Waals surface area contributed by atoms with Crippen LogP contribution in [0.4, 0.5) is 0 Å². The van der Waals surface area contributed by atoms with Crippen LogP contribution < -0.4 is 5.32 Å². The molecular weight excluding hydrogens is 192 g/mol. The molecule has 78 valence electrons. The molecule has 4 nitrogen and oxygen atoms in total. The number of rotatable bonds is 2. The molecule has 0 aliphatic heterocycles. The standard InChI is InChI=1S/C11H12N2O2/c1-7-5-9(14)3-4-10(7)11(15)13-8(2)6-12/h3-5,8,14H,1-2H3,(H,13,15). The number of carbonyl (C=O) groups is 1. The average Bonchev–Trinajstić information content (AvgIpc) is 2.17. The molecule has 1 amide bonds. The minimum Gasteiger partial charge on any atom is -0.508 e. The number of phenolic OH excluding ortho intramolecular Hbond substituents is 1. The van der Waals surface area contributed by atoms with Crippen LogP contribution in [0.25, 0.3) is 0 Å². The minimum atomic E-state index is -0.522. The first kappa shape index (κ1) is 11.1. The van der Waals surface area contributed by atoms with Crippen LogP contribution in [-0.2, 0) is 0 Å². The molecule has 1 aromatic carbocycles. The number of aromatic hydroxyl groups is 1. The van der Waals surface area contributed by atoms with Crippen LogP contribution in [-0.4, -0.2) is 17.1 Å². The van der Waals surface area contributed by atoms with Gasteiger partial charge >= 0.3 is 0 Å². The number of amides is 1. The van der Waals surface area contributed by atoms with E-state index in [4.69, 9.17) is 10.4 Å². The molecule has 15 heavy (non-hydrogen) atoms. The lowest BCUT2D eigenvalue weighted by atomic mass is 10.1. The van der Waals surface area contributed by atoms with Crippen molar-refractivity contribution in [2.75, 3.05) is 0 Å². The van der Waals surface area contributed by atoms with E-state index in [1.54, 1.807) is 13.8 Å². The van der Waals surface area contributed by atoms with Crippen molar-refractivity contribution in [3.63, 3.8) is 0 Å². The molecule has 0 spiro atoms. The van der Waals surface area contributed by atoms with Gasteiger partial charge in [-0.15, -0.1) is 0 Å². The van der Waals surface area contributed by atoms with Crippen molar-refractivity contribution in [2.24, 2.45) is 0 Å². The van der Waals surface area contributed by atoms with Gasteiger partial charge in [0.25, 0.3) is 5.91 Å². The summed E-state index contributed by atoms with van der Waals surface area (Å²) < 4.78 is 0. The van der Waals surface area contributed by atoms with Crippen molar-refractivity contribution >= 4 is 5.91 Å². The zero-order chi connectivity index (χ0) is 11.4. The van der Waals surface area contributed by atoms with Crippen LogP contribution in [0.5, 0.6) is 5.75 Å². The second-order valence-corrected chi connectivity index (χ2v) is 3.32. The molecule has 4 heteroatoms. The van der Waals surface area contributed by atoms with E-state index in [0.29, 0.717) is 11.1 Å². The van der Waals surface area contributed by atoms with E-state index in [2.05, 4.69) is 5.32 Å². The quantitative estimate of drug-likeness (QED) is 0.763. The third-order valence-corrected chi connectivity index (χ3v) is 2.00. The molecule has 0 aliphatic rings. The summed E-state index contributed by atoms with van der Waals surface area (Å²) in [4.78, 5) is 11.6. The van der Waals surface area contributed by atoms with Crippen LogP contribution in [0.3, 0.4) is 0 Å². The first-order valence-electron chi connectivity index (χ1n) is 4.54. The normalized spacial score (nSPS) is 11.5. The van der Waals surface area contributed by atoms with Gasteiger partial charge in [0, 0.05) is 5.56 Å². The van der Waals surface area contributed by atoms with Gasteiger partial charge in [-0.2, -0.15) is 5.26 Å². The number of carbonyl (C=O) groups excluding carboxylic acids is 1. The molecule has 1 atom stereocenters. The maximum Gasteiger partial charge on any atom is 0.252 e. The van der Waals surface area contributed by atoms with Gasteiger partial charge in [-0.1, -0.05) is 0 Å². The zero-order valence-electron chi connectivity index (χ0n) is 8.61. The Morgan fingerprint density at radius 2 is 2.27 bits per heavy atom. The topological polar surface area (TPSA) is 73.1 Å². The van der Waals surface area contributed by atoms with Gasteiger partial charge < -0.3 is 10.4 Å². The second-order valence-electron chi connectivity index (χ2n) is 3.32. The Balaban J connectivity index is 2.88. The fourth-order valence-electron chi connectivity index (χ4n) is 1.21. The van der Waals surface area contributed by atoms with E-state index in [9.17, 15) is 4.79 Å². The number of nitrogens with one attached hydrogen (secondary N) is 1. The SMILES string of the molecule is Cc1cc(O)ccc1C(=O)NC(C)C#N. The van der Waals surface area contributed by atoms with Gasteiger partial charge in [0.2, 0.25) is 0 Å². The van der Waals surface area contributed by atoms with E-state index in [1.165, 1.54) is 18.2 Å². The average molecular weight is 204 g/mol. The van der Waals surface area contributed by atoms with E-state index < -0.39 is 6.04 Å². The Kier molecular flexibility index (Phi) is 3.29. The highest BCUT2D eigenvalue weighted by molar-refractivity contribution is 5.96. The maximum atomic E-state index is 11.6. The number of nitriles is 1. The third-order valence-electron chi connectivity index (χ3n) is 2.00. The number of aryl methyl sites for hydroxylation is 1. The molecule has 1 rings (SSSR count). The Labute approximate surface area is 88.2 Å². The van der Waals surface area contributed by atoms with E-state index in [1.807, 2.05) is 6.07 Å². The summed E-state index contributed by atoms with van der Waals surface area (Å²) in [6.07, 6.45) is 0. The van der Waals surface area contributed by atoms with Gasteiger partial charge in [0.15, 0.2) is 0 Å². The Hall–Kier alpha value is -2.02. The van der Waals surface area contributed by atoms with Crippen molar-refractivity contribution in [3.8, 4) is 11.8 Å². The number of hydrogen-bond acceptors (Lipinski definition) is 3. The molecule has 0 bridgehead atoms. The van der Waals surface area contributed by atoms with Gasteiger partial charge in [-0.25, -0.2) is 0 Å². The summed E-state index contributed by atoms with van der Waals surface area (Å²) in [6.45, 7) is 3.33. The van der Waals surface area contributed by atoms with Crippen LogP contribution in [0.15, 0.2) is 18.2 Å². The second kappa shape index (κ2) is 4.47. The molecule has 0 saturated carbocycles. The van der Waals surface area contributed by atoms with Crippen molar-refractivity contribution < 1.29 is 9.90 Å². The monoisotopic (exact) mass is 204 g/mol. The summed E-state index contributed by atoms with van der Waals surface area (Å²) in [5.74, 6) is -0.182. The molecule has 2 N–H and O–H groups in total. The predicted molar refractivity (Wildman–Crippen MR) is 55.4 cm³/mol. The van der Waals surface area contributed by atoms with Gasteiger partial charge in [-0.3, -0.25) is 4.79 Å². The molecule has 1 unspecified atom stereocenters. The van der Waals surface area contributed by atoms with Crippen molar-refractivity contribution in [3.05, 3.63) is 29.3 Å². The highest BCUT2D eigenvalue weighted by Crippen LogP contribution is 2.15. The Morgan fingerprint density at radius 3 is 2.80 bits per heavy atom. The number of nitrogens with zero attached hydrogens (tertiary/aromatic N) is 1. The van der Waals surface area contributed by atoms with E-state index in [-0.39, 0.29) is 11.7 Å². The van der Waals surface area contributed by atoms with Crippen molar-refractivity contribution in [1.29, 1.82) is 5.26 Å². The summed E-state index contributed by atoms with van der Waals surface area (Å²) >= 11 is 0. The lowest BCUT2D eigenvalue weighted by Gasteiger charge is -2.08. The number of phenols is 1. The third kappa shape index (κ3) is 2.71. The van der Waals surface area contributed by atoms with Gasteiger partial charge in [0.05, 0.1) is 6.07 Å². The number of hydrogen-bond donors (Lipinski definition) is 2. The van der Waals surface area contributed by atoms with E-state index >= 15 is 0 Å². The predicted octanol–water partition coefficient (Wildman–Crippen LogP) is 1.34. The highest BCUT2D eigenvalue weighted by atomic mass is 16.3. The van der Waals surface area contributed by atoms with Gasteiger partial charge in [0.1, 0.15) is 11.8 Å². The van der Waals surface area contributed by atoms with Crippen LogP contribution in [0.1, 0.15) is 22.8 Å². The zero-order valence-corrected chi connectivity index (χ0v) is 8.61. The summed E-state index contributed by atoms with van der Waals surface area (Å²) in [6, 6.07) is 5.87.